The second kappa shape index (κ2) is 12.6. The zero-order valence-electron chi connectivity index (χ0n) is 23.0. The van der Waals surface area contributed by atoms with Gasteiger partial charge in [-0.3, -0.25) is 10.2 Å². The number of nitrogens with one attached hydrogen (secondary N) is 3. The zero-order chi connectivity index (χ0) is 31.5. The maximum Gasteiger partial charge on any atom is 0.417 e. The van der Waals surface area contributed by atoms with Crippen molar-refractivity contribution in [3.05, 3.63) is 75.6 Å². The summed E-state index contributed by atoms with van der Waals surface area (Å²) in [5.74, 6) is 5.06. The molecule has 0 spiro atoms. The number of alkyl halides is 3. The molecule has 0 aliphatic carbocycles. The van der Waals surface area contributed by atoms with Gasteiger partial charge in [0.15, 0.2) is 0 Å². The third-order valence-electron chi connectivity index (χ3n) is 6.67. The minimum absolute atomic E-state index is 0.00602. The zero-order valence-corrected chi connectivity index (χ0v) is 24.6. The van der Waals surface area contributed by atoms with Crippen molar-refractivity contribution in [3.63, 3.8) is 0 Å². The van der Waals surface area contributed by atoms with Crippen LogP contribution in [-0.2, 0) is 16.2 Å². The van der Waals surface area contributed by atoms with Gasteiger partial charge in [0, 0.05) is 35.9 Å². The summed E-state index contributed by atoms with van der Waals surface area (Å²) in [5, 5.41) is 13.8. The van der Waals surface area contributed by atoms with Gasteiger partial charge >= 0.3 is 6.18 Å². The Morgan fingerprint density at radius 1 is 1.21 bits per heavy atom. The lowest BCUT2D eigenvalue weighted by atomic mass is 10.1. The average Bonchev–Trinajstić information content (AvgIpc) is 2.92. The molecule has 1 unspecified atom stereocenters. The van der Waals surface area contributed by atoms with E-state index < -0.39 is 32.7 Å². The van der Waals surface area contributed by atoms with Crippen LogP contribution in [0.1, 0.15) is 45.5 Å². The molecule has 1 fully saturated rings. The number of aryl methyl sites for hydroxylation is 1. The van der Waals surface area contributed by atoms with Gasteiger partial charge in [0.05, 0.1) is 22.4 Å². The van der Waals surface area contributed by atoms with E-state index in [-0.39, 0.29) is 46.7 Å². The number of piperidine rings is 1. The number of carbonyl (C=O) groups excluding carboxylic acids is 1. The van der Waals surface area contributed by atoms with Crippen LogP contribution in [0.15, 0.2) is 42.7 Å². The number of benzene rings is 2. The van der Waals surface area contributed by atoms with Gasteiger partial charge in [-0.15, -0.1) is 0 Å². The molecule has 5 N–H and O–H groups in total. The maximum absolute atomic E-state index is 13.2. The van der Waals surface area contributed by atoms with Crippen LogP contribution >= 0.6 is 11.6 Å². The SMILES string of the molecule is Cc1ccc(NC(=O)c2ccc(Cl)c(C(F)(F)F)c2)cc1C#CC(=N)c1c(N)ncnc1NC1CCCN(S(C)(=O)=O)C1. The number of anilines is 3. The lowest BCUT2D eigenvalue weighted by molar-refractivity contribution is -0.137. The molecule has 1 aliphatic rings. The fourth-order valence-corrected chi connectivity index (χ4v) is 5.56. The number of rotatable bonds is 6. The smallest absolute Gasteiger partial charge is 0.383 e. The largest absolute Gasteiger partial charge is 0.417 e. The van der Waals surface area contributed by atoms with Gasteiger partial charge in [-0.1, -0.05) is 23.6 Å². The number of sulfonamides is 1. The monoisotopic (exact) mass is 633 g/mol. The molecular formula is C28H27ClF3N7O3S. The predicted molar refractivity (Wildman–Crippen MR) is 159 cm³/mol. The van der Waals surface area contributed by atoms with Gasteiger partial charge in [0.1, 0.15) is 23.7 Å². The van der Waals surface area contributed by atoms with E-state index in [1.54, 1.807) is 19.1 Å². The maximum atomic E-state index is 13.2. The van der Waals surface area contributed by atoms with Crippen LogP contribution in [0.2, 0.25) is 5.02 Å². The highest BCUT2D eigenvalue weighted by atomic mass is 35.5. The van der Waals surface area contributed by atoms with Crippen molar-refractivity contribution in [2.24, 2.45) is 0 Å². The lowest BCUT2D eigenvalue weighted by Crippen LogP contribution is -2.44. The van der Waals surface area contributed by atoms with Crippen LogP contribution in [0.25, 0.3) is 0 Å². The Labute approximate surface area is 251 Å². The molecule has 0 radical (unpaired) electrons. The van der Waals surface area contributed by atoms with Crippen molar-refractivity contribution < 1.29 is 26.4 Å². The molecule has 226 valence electrons. The first-order chi connectivity index (χ1) is 20.1. The first-order valence-electron chi connectivity index (χ1n) is 12.9. The van der Waals surface area contributed by atoms with Gasteiger partial charge in [-0.2, -0.15) is 13.2 Å². The highest BCUT2D eigenvalue weighted by molar-refractivity contribution is 7.88. The van der Waals surface area contributed by atoms with Crippen molar-refractivity contribution in [1.29, 1.82) is 5.41 Å². The Kier molecular flexibility index (Phi) is 9.29. The molecule has 10 nitrogen and oxygen atoms in total. The predicted octanol–water partition coefficient (Wildman–Crippen LogP) is 4.55. The molecule has 2 heterocycles. The van der Waals surface area contributed by atoms with Crippen LogP contribution in [0, 0.1) is 24.2 Å². The highest BCUT2D eigenvalue weighted by Crippen LogP contribution is 2.35. The second-order valence-electron chi connectivity index (χ2n) is 9.89. The normalized spacial score (nSPS) is 15.7. The summed E-state index contributed by atoms with van der Waals surface area (Å²) >= 11 is 5.65. The third-order valence-corrected chi connectivity index (χ3v) is 8.27. The van der Waals surface area contributed by atoms with Gasteiger partial charge in [0.25, 0.3) is 5.91 Å². The number of nitrogen functional groups attached to an aromatic ring is 1. The van der Waals surface area contributed by atoms with Gasteiger partial charge in [-0.25, -0.2) is 22.7 Å². The molecule has 4 rings (SSSR count). The minimum atomic E-state index is -4.72. The molecule has 1 amide bonds. The molecule has 1 atom stereocenters. The summed E-state index contributed by atoms with van der Waals surface area (Å²) in [7, 11) is -3.37. The summed E-state index contributed by atoms with van der Waals surface area (Å²) in [6.07, 6.45) is -1.02. The molecule has 1 aliphatic heterocycles. The molecule has 15 heteroatoms. The number of nitrogens with zero attached hydrogens (tertiary/aromatic N) is 3. The van der Waals surface area contributed by atoms with E-state index in [4.69, 9.17) is 22.7 Å². The molecule has 3 aromatic rings. The number of carbonyl (C=O) groups is 1. The number of hydrogen-bond donors (Lipinski definition) is 4. The van der Waals surface area contributed by atoms with E-state index in [1.165, 1.54) is 22.8 Å². The number of aromatic nitrogens is 2. The number of hydrogen-bond acceptors (Lipinski definition) is 8. The van der Waals surface area contributed by atoms with Crippen LogP contribution in [-0.4, -0.2) is 59.7 Å². The van der Waals surface area contributed by atoms with Crippen molar-refractivity contribution >= 4 is 50.6 Å². The molecule has 0 bridgehead atoms. The molecule has 43 heavy (non-hydrogen) atoms. The van der Waals surface area contributed by atoms with E-state index in [0.29, 0.717) is 36.6 Å². The van der Waals surface area contributed by atoms with Crippen LogP contribution in [0.4, 0.5) is 30.5 Å². The van der Waals surface area contributed by atoms with Gasteiger partial charge < -0.3 is 16.4 Å². The van der Waals surface area contributed by atoms with Crippen molar-refractivity contribution in [2.75, 3.05) is 35.7 Å². The lowest BCUT2D eigenvalue weighted by Gasteiger charge is -2.32. The summed E-state index contributed by atoms with van der Waals surface area (Å²) in [4.78, 5) is 20.9. The fraction of sp³-hybridized carbons (Fsp3) is 0.286. The standard InChI is InChI=1S/C28H27ClF3N7O3S/c1-16-5-8-19(38-27(40)18-6-9-22(29)21(13-18)28(30,31)32)12-17(16)7-10-23(33)24-25(34)35-15-36-26(24)37-20-4-3-11-39(14-20)43(2,41)42/h5-6,8-9,12-13,15,20,33H,3-4,11,14H2,1-2H3,(H,38,40)(H3,34,35,36,37). The molecular weight excluding hydrogens is 607 g/mol. The molecule has 0 saturated carbocycles. The van der Waals surface area contributed by atoms with E-state index >= 15 is 0 Å². The van der Waals surface area contributed by atoms with E-state index in [1.807, 2.05) is 0 Å². The van der Waals surface area contributed by atoms with Gasteiger partial charge in [-0.05, 0) is 61.6 Å². The topological polar surface area (TPSA) is 154 Å². The van der Waals surface area contributed by atoms with Crippen LogP contribution in [0.5, 0.6) is 0 Å². The number of halogens is 4. The number of nitrogens with two attached hydrogens (primary N) is 1. The van der Waals surface area contributed by atoms with Crippen LogP contribution in [0.3, 0.4) is 0 Å². The first kappa shape index (κ1) is 31.7. The van der Waals surface area contributed by atoms with E-state index in [0.717, 1.165) is 12.3 Å². The Morgan fingerprint density at radius 3 is 2.65 bits per heavy atom. The van der Waals surface area contributed by atoms with Crippen LogP contribution < -0.4 is 16.4 Å². The number of amides is 1. The highest BCUT2D eigenvalue weighted by Gasteiger charge is 2.34. The quantitative estimate of drug-likeness (QED) is 0.229. The van der Waals surface area contributed by atoms with Crippen molar-refractivity contribution in [2.45, 2.75) is 32.0 Å². The van der Waals surface area contributed by atoms with Gasteiger partial charge in [0.2, 0.25) is 10.0 Å². The average molecular weight is 634 g/mol. The third kappa shape index (κ3) is 7.81. The molecule has 2 aromatic carbocycles. The molecule has 1 saturated heterocycles. The second-order valence-corrected chi connectivity index (χ2v) is 12.3. The van der Waals surface area contributed by atoms with Crippen molar-refractivity contribution in [1.82, 2.24) is 14.3 Å². The fourth-order valence-electron chi connectivity index (χ4n) is 4.42. The van der Waals surface area contributed by atoms with Crippen molar-refractivity contribution in [3.8, 4) is 11.8 Å². The van der Waals surface area contributed by atoms with E-state index in [9.17, 15) is 26.4 Å². The summed E-state index contributed by atoms with van der Waals surface area (Å²) in [5.41, 5.74) is 6.09. The summed E-state index contributed by atoms with van der Waals surface area (Å²) in [6.45, 7) is 2.41. The Bertz CT molecular complexity index is 1750. The molecule has 1 aromatic heterocycles. The summed E-state index contributed by atoms with van der Waals surface area (Å²) < 4.78 is 65.1. The Balaban J connectivity index is 1.54. The Hall–Kier alpha value is -4.19. The summed E-state index contributed by atoms with van der Waals surface area (Å²) in [6, 6.07) is 7.36. The minimum Gasteiger partial charge on any atom is -0.383 e. The Morgan fingerprint density at radius 2 is 1.95 bits per heavy atom. The van der Waals surface area contributed by atoms with E-state index in [2.05, 4.69) is 32.4 Å². The first-order valence-corrected chi connectivity index (χ1v) is 15.1.